The summed E-state index contributed by atoms with van der Waals surface area (Å²) in [6, 6.07) is 53.4. The van der Waals surface area contributed by atoms with Gasteiger partial charge in [-0.2, -0.15) is 0 Å². The second-order valence-electron chi connectivity index (χ2n) is 10.2. The average Bonchev–Trinajstić information content (AvgIpc) is 2.98. The van der Waals surface area contributed by atoms with Gasteiger partial charge in [0.1, 0.15) is 0 Å². The van der Waals surface area contributed by atoms with Crippen molar-refractivity contribution in [1.29, 1.82) is 0 Å². The fourth-order valence-corrected chi connectivity index (χ4v) is 6.17. The first kappa shape index (κ1) is 21.2. The second kappa shape index (κ2) is 8.30. The van der Waals surface area contributed by atoms with E-state index in [1.165, 1.54) is 76.1 Å². The third kappa shape index (κ3) is 3.24. The molecule has 0 heteroatoms. The molecule has 0 aromatic heterocycles. The van der Waals surface area contributed by atoms with E-state index in [-0.39, 0.29) is 0 Å². The zero-order chi connectivity index (χ0) is 25.1. The molecule has 8 aromatic rings. The Balaban J connectivity index is 1.40. The maximum Gasteiger partial charge on any atom is -0.00987 e. The normalized spacial score (nSPS) is 11.7. The quantitative estimate of drug-likeness (QED) is 0.216. The summed E-state index contributed by atoms with van der Waals surface area (Å²) in [6.45, 7) is 0. The van der Waals surface area contributed by atoms with E-state index in [4.69, 9.17) is 0 Å². The molecule has 0 bridgehead atoms. The molecule has 0 amide bonds. The average molecular weight is 481 g/mol. The van der Waals surface area contributed by atoms with Gasteiger partial charge in [0.15, 0.2) is 0 Å². The van der Waals surface area contributed by atoms with Crippen molar-refractivity contribution in [1.82, 2.24) is 0 Å². The van der Waals surface area contributed by atoms with Crippen LogP contribution in [0.2, 0.25) is 0 Å². The van der Waals surface area contributed by atoms with Crippen LogP contribution < -0.4 is 0 Å². The van der Waals surface area contributed by atoms with E-state index >= 15 is 0 Å². The fraction of sp³-hybridized carbons (Fsp3) is 0. The standard InChI is InChI=1S/C38H24/c1-3-11-27-23-37-29(21-25(27)9-1)13-7-17-33(37)35-19-20-36(32-16-6-5-15-31(32)35)34-18-8-14-30-22-26-10-2-4-12-28(26)24-38(30)34/h1-24H. The van der Waals surface area contributed by atoms with Gasteiger partial charge in [-0.05, 0) is 100 Å². The van der Waals surface area contributed by atoms with Crippen LogP contribution in [0.5, 0.6) is 0 Å². The molecular formula is C38H24. The summed E-state index contributed by atoms with van der Waals surface area (Å²) in [5, 5.41) is 12.8. The summed E-state index contributed by atoms with van der Waals surface area (Å²) in [6.07, 6.45) is 0. The van der Waals surface area contributed by atoms with Gasteiger partial charge in [0.25, 0.3) is 0 Å². The molecule has 0 nitrogen and oxygen atoms in total. The number of rotatable bonds is 2. The Kier molecular flexibility index (Phi) is 4.62. The molecular weight excluding hydrogens is 456 g/mol. The Labute approximate surface area is 221 Å². The van der Waals surface area contributed by atoms with Crippen molar-refractivity contribution >= 4 is 53.9 Å². The highest BCUT2D eigenvalue weighted by Gasteiger charge is 2.14. The van der Waals surface area contributed by atoms with E-state index in [2.05, 4.69) is 146 Å². The van der Waals surface area contributed by atoms with E-state index in [0.717, 1.165) is 0 Å². The maximum absolute atomic E-state index is 2.35. The summed E-state index contributed by atoms with van der Waals surface area (Å²) in [7, 11) is 0. The van der Waals surface area contributed by atoms with E-state index in [0.29, 0.717) is 0 Å². The molecule has 0 fully saturated rings. The van der Waals surface area contributed by atoms with E-state index < -0.39 is 0 Å². The van der Waals surface area contributed by atoms with Gasteiger partial charge in [-0.3, -0.25) is 0 Å². The first-order valence-corrected chi connectivity index (χ1v) is 13.2. The summed E-state index contributed by atoms with van der Waals surface area (Å²) in [5.41, 5.74) is 5.10. The molecule has 0 aliphatic rings. The molecule has 0 atom stereocenters. The summed E-state index contributed by atoms with van der Waals surface area (Å²) in [5.74, 6) is 0. The summed E-state index contributed by atoms with van der Waals surface area (Å²) < 4.78 is 0. The van der Waals surface area contributed by atoms with Crippen molar-refractivity contribution in [2.75, 3.05) is 0 Å². The Hall–Kier alpha value is -4.94. The molecule has 0 radical (unpaired) electrons. The van der Waals surface area contributed by atoms with Crippen LogP contribution in [0.3, 0.4) is 0 Å². The molecule has 0 saturated heterocycles. The molecule has 8 rings (SSSR count). The Morgan fingerprint density at radius 2 is 0.553 bits per heavy atom. The lowest BCUT2D eigenvalue weighted by Gasteiger charge is -2.16. The second-order valence-corrected chi connectivity index (χ2v) is 10.2. The molecule has 0 unspecified atom stereocenters. The van der Waals surface area contributed by atoms with Gasteiger partial charge in [-0.15, -0.1) is 0 Å². The lowest BCUT2D eigenvalue weighted by molar-refractivity contribution is 1.67. The molecule has 0 N–H and O–H groups in total. The lowest BCUT2D eigenvalue weighted by Crippen LogP contribution is -1.89. The number of fused-ring (bicyclic) bond motifs is 5. The predicted molar refractivity (Wildman–Crippen MR) is 165 cm³/mol. The fourth-order valence-electron chi connectivity index (χ4n) is 6.17. The molecule has 8 aromatic carbocycles. The van der Waals surface area contributed by atoms with Crippen LogP contribution in [0.25, 0.3) is 76.1 Å². The zero-order valence-corrected chi connectivity index (χ0v) is 20.9. The van der Waals surface area contributed by atoms with Gasteiger partial charge in [-0.1, -0.05) is 121 Å². The minimum absolute atomic E-state index is 1.27. The van der Waals surface area contributed by atoms with Crippen LogP contribution in [0, 0.1) is 0 Å². The Bertz CT molecular complexity index is 2020. The van der Waals surface area contributed by atoms with Crippen molar-refractivity contribution in [3.05, 3.63) is 146 Å². The Morgan fingerprint density at radius 3 is 1.00 bits per heavy atom. The van der Waals surface area contributed by atoms with Gasteiger partial charge in [0, 0.05) is 0 Å². The first-order valence-electron chi connectivity index (χ1n) is 13.2. The van der Waals surface area contributed by atoms with Crippen LogP contribution in [-0.2, 0) is 0 Å². The van der Waals surface area contributed by atoms with Crippen LogP contribution in [0.4, 0.5) is 0 Å². The van der Waals surface area contributed by atoms with Gasteiger partial charge < -0.3 is 0 Å². The van der Waals surface area contributed by atoms with E-state index in [1.807, 2.05) is 0 Å². The largest absolute Gasteiger partial charge is 0.0616 e. The van der Waals surface area contributed by atoms with Gasteiger partial charge in [0.2, 0.25) is 0 Å². The third-order valence-electron chi connectivity index (χ3n) is 8.00. The van der Waals surface area contributed by atoms with Crippen molar-refractivity contribution in [2.45, 2.75) is 0 Å². The van der Waals surface area contributed by atoms with Crippen LogP contribution in [-0.4, -0.2) is 0 Å². The van der Waals surface area contributed by atoms with Crippen molar-refractivity contribution in [2.24, 2.45) is 0 Å². The van der Waals surface area contributed by atoms with Crippen LogP contribution in [0.15, 0.2) is 146 Å². The first-order chi connectivity index (χ1) is 18.8. The Morgan fingerprint density at radius 1 is 0.211 bits per heavy atom. The minimum Gasteiger partial charge on any atom is -0.0616 e. The summed E-state index contributed by atoms with van der Waals surface area (Å²) in [4.78, 5) is 0. The van der Waals surface area contributed by atoms with Gasteiger partial charge >= 0.3 is 0 Å². The molecule has 0 spiro atoms. The molecule has 0 aliphatic heterocycles. The maximum atomic E-state index is 2.35. The minimum atomic E-state index is 1.27. The smallest absolute Gasteiger partial charge is 0.00987 e. The number of hydrogen-bond donors (Lipinski definition) is 0. The van der Waals surface area contributed by atoms with Crippen LogP contribution in [0.1, 0.15) is 0 Å². The van der Waals surface area contributed by atoms with Crippen molar-refractivity contribution in [3.8, 4) is 22.3 Å². The van der Waals surface area contributed by atoms with Gasteiger partial charge in [-0.25, -0.2) is 0 Å². The number of hydrogen-bond acceptors (Lipinski definition) is 0. The molecule has 0 heterocycles. The highest BCUT2D eigenvalue weighted by atomic mass is 14.2. The third-order valence-corrected chi connectivity index (χ3v) is 8.00. The van der Waals surface area contributed by atoms with Crippen molar-refractivity contribution in [3.63, 3.8) is 0 Å². The SMILES string of the molecule is c1ccc2cc3c(-c4ccc(-c5cccc6cc7ccccc7cc56)c5ccccc45)cccc3cc2c1. The molecule has 0 aliphatic carbocycles. The summed E-state index contributed by atoms with van der Waals surface area (Å²) >= 11 is 0. The highest BCUT2D eigenvalue weighted by Crippen LogP contribution is 2.41. The molecule has 38 heavy (non-hydrogen) atoms. The highest BCUT2D eigenvalue weighted by molar-refractivity contribution is 6.14. The van der Waals surface area contributed by atoms with E-state index in [9.17, 15) is 0 Å². The van der Waals surface area contributed by atoms with Crippen LogP contribution >= 0.6 is 0 Å². The molecule has 176 valence electrons. The predicted octanol–water partition coefficient (Wildman–Crippen LogP) is 10.8. The topological polar surface area (TPSA) is 0 Å². The zero-order valence-electron chi connectivity index (χ0n) is 20.9. The molecule has 0 saturated carbocycles. The number of benzene rings is 8. The van der Waals surface area contributed by atoms with Gasteiger partial charge in [0.05, 0.1) is 0 Å². The van der Waals surface area contributed by atoms with E-state index in [1.54, 1.807) is 0 Å². The monoisotopic (exact) mass is 480 g/mol. The lowest BCUT2D eigenvalue weighted by atomic mass is 9.88. The van der Waals surface area contributed by atoms with Crippen molar-refractivity contribution < 1.29 is 0 Å².